The molecule has 36 heavy (non-hydrogen) atoms. The third-order valence-corrected chi connectivity index (χ3v) is 6.27. The van der Waals surface area contributed by atoms with Gasteiger partial charge in [0.1, 0.15) is 17.4 Å². The number of aromatic amines is 2. The Kier molecular flexibility index (Phi) is 6.38. The van der Waals surface area contributed by atoms with Crippen LogP contribution in [-0.2, 0) is 6.42 Å². The van der Waals surface area contributed by atoms with E-state index in [1.165, 1.54) is 36.0 Å². The molecule has 2 aromatic heterocycles. The van der Waals surface area contributed by atoms with Gasteiger partial charge in [-0.3, -0.25) is 0 Å². The molecule has 0 aliphatic carbocycles. The highest BCUT2D eigenvalue weighted by Crippen LogP contribution is 2.35. The first-order chi connectivity index (χ1) is 17.4. The minimum absolute atomic E-state index is 0.00584. The van der Waals surface area contributed by atoms with Crippen molar-refractivity contribution in [3.05, 3.63) is 114 Å². The van der Waals surface area contributed by atoms with Gasteiger partial charge in [-0.1, -0.05) is 37.3 Å². The van der Waals surface area contributed by atoms with Crippen molar-refractivity contribution >= 4 is 10.9 Å². The molecule has 0 bridgehead atoms. The lowest BCUT2D eigenvalue weighted by atomic mass is 9.95. The minimum Gasteiger partial charge on any atom is -0.451 e. The molecule has 0 radical (unpaired) electrons. The number of imidazole rings is 1. The number of nitrogens with one attached hydrogen (secondary N) is 2. The molecular weight excluding hydrogens is 463 g/mol. The van der Waals surface area contributed by atoms with Crippen molar-refractivity contribution in [1.29, 1.82) is 0 Å². The number of hydrogen-bond donors (Lipinski definition) is 2. The Morgan fingerprint density at radius 3 is 2.75 bits per heavy atom. The van der Waals surface area contributed by atoms with Gasteiger partial charge in [-0.15, -0.1) is 6.58 Å². The van der Waals surface area contributed by atoms with E-state index in [0.29, 0.717) is 11.3 Å². The standard InChI is InChI=1S/C29H24F3N3O/c1-3-4-6-18-7-5-8-19(13-18)17(2)26-16-34-29(35-26)22-14-20(9-10-23(22)30)36-28-24(31)15-25-21(27(28)32)11-12-33-25/h3,5,7-17,33H,1,4,6H2,2H3,(H,34,35). The zero-order valence-electron chi connectivity index (χ0n) is 19.6. The number of fused-ring (bicyclic) bond motifs is 1. The third-order valence-electron chi connectivity index (χ3n) is 6.27. The van der Waals surface area contributed by atoms with Crippen LogP contribution in [0.15, 0.2) is 79.6 Å². The van der Waals surface area contributed by atoms with Gasteiger partial charge < -0.3 is 14.7 Å². The van der Waals surface area contributed by atoms with E-state index >= 15 is 0 Å². The molecule has 5 aromatic rings. The lowest BCUT2D eigenvalue weighted by Crippen LogP contribution is -1.98. The van der Waals surface area contributed by atoms with E-state index in [1.54, 1.807) is 6.20 Å². The summed E-state index contributed by atoms with van der Waals surface area (Å²) in [6, 6.07) is 14.8. The summed E-state index contributed by atoms with van der Waals surface area (Å²) in [5.74, 6) is -2.41. The third kappa shape index (κ3) is 4.52. The molecule has 5 rings (SSSR count). The smallest absolute Gasteiger partial charge is 0.199 e. The summed E-state index contributed by atoms with van der Waals surface area (Å²) < 4.78 is 49.6. The Hall–Kier alpha value is -4.26. The second-order valence-corrected chi connectivity index (χ2v) is 8.67. The predicted molar refractivity (Wildman–Crippen MR) is 135 cm³/mol. The van der Waals surface area contributed by atoms with Crippen LogP contribution in [0, 0.1) is 17.5 Å². The van der Waals surface area contributed by atoms with Crippen LogP contribution in [-0.4, -0.2) is 15.0 Å². The van der Waals surface area contributed by atoms with E-state index in [2.05, 4.69) is 33.7 Å². The molecule has 7 heteroatoms. The number of ether oxygens (including phenoxy) is 1. The summed E-state index contributed by atoms with van der Waals surface area (Å²) in [5, 5.41) is 0.201. The molecule has 0 saturated heterocycles. The first-order valence-corrected chi connectivity index (χ1v) is 11.6. The van der Waals surface area contributed by atoms with Gasteiger partial charge in [0.15, 0.2) is 17.4 Å². The van der Waals surface area contributed by atoms with Crippen LogP contribution >= 0.6 is 0 Å². The molecule has 1 atom stereocenters. The van der Waals surface area contributed by atoms with Crippen LogP contribution < -0.4 is 4.74 Å². The van der Waals surface area contributed by atoms with Gasteiger partial charge in [-0.25, -0.2) is 18.2 Å². The zero-order valence-corrected chi connectivity index (χ0v) is 19.6. The van der Waals surface area contributed by atoms with Crippen LogP contribution in [0.5, 0.6) is 11.5 Å². The van der Waals surface area contributed by atoms with Gasteiger partial charge >= 0.3 is 0 Å². The minimum atomic E-state index is -0.863. The van der Waals surface area contributed by atoms with Crippen LogP contribution in [0.3, 0.4) is 0 Å². The predicted octanol–water partition coefficient (Wildman–Crippen LogP) is 8.04. The summed E-state index contributed by atoms with van der Waals surface area (Å²) in [5.41, 5.74) is 3.59. The molecule has 0 aliphatic rings. The monoisotopic (exact) mass is 487 g/mol. The number of nitrogens with zero attached hydrogens (tertiary/aromatic N) is 1. The number of H-pyrrole nitrogens is 2. The van der Waals surface area contributed by atoms with Crippen LogP contribution in [0.4, 0.5) is 13.2 Å². The molecule has 0 spiro atoms. The second kappa shape index (κ2) is 9.77. The van der Waals surface area contributed by atoms with Gasteiger partial charge in [-0.2, -0.15) is 0 Å². The molecule has 3 aromatic carbocycles. The molecule has 2 N–H and O–H groups in total. The number of halogens is 3. The lowest BCUT2D eigenvalue weighted by Gasteiger charge is -2.12. The maximum atomic E-state index is 14.8. The van der Waals surface area contributed by atoms with E-state index in [-0.39, 0.29) is 22.6 Å². The maximum absolute atomic E-state index is 14.8. The highest BCUT2D eigenvalue weighted by molar-refractivity contribution is 5.82. The number of aromatic nitrogens is 3. The van der Waals surface area contributed by atoms with Crippen molar-refractivity contribution in [3.8, 4) is 22.9 Å². The quantitative estimate of drug-likeness (QED) is 0.218. The molecule has 0 saturated carbocycles. The molecular formula is C29H24F3N3O. The summed E-state index contributed by atoms with van der Waals surface area (Å²) in [6.45, 7) is 5.82. The molecule has 182 valence electrons. The van der Waals surface area contributed by atoms with E-state index < -0.39 is 23.2 Å². The number of hydrogen-bond acceptors (Lipinski definition) is 2. The highest BCUT2D eigenvalue weighted by Gasteiger charge is 2.19. The van der Waals surface area contributed by atoms with Gasteiger partial charge in [0.25, 0.3) is 0 Å². The average molecular weight is 488 g/mol. The molecule has 4 nitrogen and oxygen atoms in total. The Morgan fingerprint density at radius 1 is 1.06 bits per heavy atom. The Bertz CT molecular complexity index is 1550. The lowest BCUT2D eigenvalue weighted by molar-refractivity contribution is 0.410. The van der Waals surface area contributed by atoms with Crippen molar-refractivity contribution in [3.63, 3.8) is 0 Å². The van der Waals surface area contributed by atoms with Gasteiger partial charge in [0, 0.05) is 35.5 Å². The Labute approximate surface area is 206 Å². The van der Waals surface area contributed by atoms with E-state index in [0.717, 1.165) is 30.2 Å². The average Bonchev–Trinajstić information content (AvgIpc) is 3.56. The van der Waals surface area contributed by atoms with Crippen LogP contribution in [0.1, 0.15) is 36.1 Å². The number of allylic oxidation sites excluding steroid dienone is 1. The molecule has 0 aliphatic heterocycles. The molecule has 0 amide bonds. The first-order valence-electron chi connectivity index (χ1n) is 11.6. The van der Waals surface area contributed by atoms with E-state index in [4.69, 9.17) is 4.74 Å². The number of benzene rings is 3. The van der Waals surface area contributed by atoms with Crippen molar-refractivity contribution in [1.82, 2.24) is 15.0 Å². The molecule has 1 unspecified atom stereocenters. The highest BCUT2D eigenvalue weighted by atomic mass is 19.1. The van der Waals surface area contributed by atoms with Crippen molar-refractivity contribution in [2.24, 2.45) is 0 Å². The largest absolute Gasteiger partial charge is 0.451 e. The second-order valence-electron chi connectivity index (χ2n) is 8.67. The number of rotatable bonds is 8. The van der Waals surface area contributed by atoms with Crippen molar-refractivity contribution < 1.29 is 17.9 Å². The maximum Gasteiger partial charge on any atom is 0.199 e. The van der Waals surface area contributed by atoms with E-state index in [1.807, 2.05) is 25.1 Å². The summed E-state index contributed by atoms with van der Waals surface area (Å²) in [4.78, 5) is 10.3. The SMILES string of the molecule is C=CCCc1cccc(C(C)c2cnc(-c3cc(Oc4c(F)cc5[nH]ccc5c4F)ccc3F)[nH]2)c1. The zero-order chi connectivity index (χ0) is 25.2. The summed E-state index contributed by atoms with van der Waals surface area (Å²) >= 11 is 0. The Balaban J connectivity index is 1.42. The van der Waals surface area contributed by atoms with Crippen molar-refractivity contribution in [2.45, 2.75) is 25.7 Å². The van der Waals surface area contributed by atoms with E-state index in [9.17, 15) is 13.2 Å². The molecule has 2 heterocycles. The number of aryl methyl sites for hydroxylation is 1. The fourth-order valence-corrected chi connectivity index (χ4v) is 4.23. The van der Waals surface area contributed by atoms with Crippen molar-refractivity contribution in [2.75, 3.05) is 0 Å². The summed E-state index contributed by atoms with van der Waals surface area (Å²) in [7, 11) is 0. The fourth-order valence-electron chi connectivity index (χ4n) is 4.23. The summed E-state index contributed by atoms with van der Waals surface area (Å²) in [6.07, 6.45) is 6.89. The fraction of sp³-hybridized carbons (Fsp3) is 0.138. The van der Waals surface area contributed by atoms with Gasteiger partial charge in [-0.05, 0) is 48.2 Å². The Morgan fingerprint density at radius 2 is 1.92 bits per heavy atom. The van der Waals surface area contributed by atoms with Gasteiger partial charge in [0.2, 0.25) is 0 Å². The normalized spacial score (nSPS) is 12.1. The van der Waals surface area contributed by atoms with Crippen LogP contribution in [0.25, 0.3) is 22.3 Å². The van der Waals surface area contributed by atoms with Gasteiger partial charge in [0.05, 0.1) is 11.1 Å². The first kappa shape index (κ1) is 23.5. The molecule has 0 fully saturated rings. The topological polar surface area (TPSA) is 53.7 Å². The van der Waals surface area contributed by atoms with Crippen LogP contribution in [0.2, 0.25) is 0 Å².